The molecule has 1 aromatic heterocycles. The molecule has 9 heteroatoms. The van der Waals surface area contributed by atoms with Gasteiger partial charge in [0.05, 0.1) is 0 Å². The van der Waals surface area contributed by atoms with Crippen molar-refractivity contribution < 1.29 is 8.42 Å². The molecule has 2 bridgehead atoms. The zero-order valence-electron chi connectivity index (χ0n) is 13.5. The van der Waals surface area contributed by atoms with Crippen LogP contribution in [0.15, 0.2) is 20.7 Å². The van der Waals surface area contributed by atoms with E-state index >= 15 is 0 Å². The molecule has 2 fully saturated rings. The normalized spacial score (nSPS) is 27.6. The SMILES string of the molecule is CN(C1CC2CCC(C1)N2)S(=O)(=O)c1cn(C)c(=O)n(C)c1=O. The first-order valence-electron chi connectivity index (χ1n) is 7.72. The van der Waals surface area contributed by atoms with Gasteiger partial charge in [0.1, 0.15) is 0 Å². The van der Waals surface area contributed by atoms with Crippen LogP contribution in [0.5, 0.6) is 0 Å². The van der Waals surface area contributed by atoms with Gasteiger partial charge < -0.3 is 9.88 Å². The van der Waals surface area contributed by atoms with Crippen LogP contribution in [0.1, 0.15) is 25.7 Å². The number of rotatable bonds is 3. The van der Waals surface area contributed by atoms with Crippen molar-refractivity contribution in [1.82, 2.24) is 18.8 Å². The van der Waals surface area contributed by atoms with Crippen LogP contribution in [-0.2, 0) is 24.1 Å². The van der Waals surface area contributed by atoms with Crippen LogP contribution in [0, 0.1) is 0 Å². The molecule has 1 aromatic rings. The fraction of sp³-hybridized carbons (Fsp3) is 0.714. The molecule has 8 nitrogen and oxygen atoms in total. The van der Waals surface area contributed by atoms with Gasteiger partial charge in [-0.25, -0.2) is 13.2 Å². The highest BCUT2D eigenvalue weighted by Crippen LogP contribution is 2.31. The zero-order valence-corrected chi connectivity index (χ0v) is 14.3. The molecule has 0 aromatic carbocycles. The van der Waals surface area contributed by atoms with Crippen molar-refractivity contribution in [3.05, 3.63) is 27.0 Å². The summed E-state index contributed by atoms with van der Waals surface area (Å²) in [6.07, 6.45) is 4.75. The average molecular weight is 342 g/mol. The van der Waals surface area contributed by atoms with Gasteiger partial charge in [0.2, 0.25) is 10.0 Å². The predicted molar refractivity (Wildman–Crippen MR) is 84.8 cm³/mol. The van der Waals surface area contributed by atoms with Crippen molar-refractivity contribution in [1.29, 1.82) is 0 Å². The summed E-state index contributed by atoms with van der Waals surface area (Å²) in [6, 6.07) is 0.569. The molecule has 2 saturated heterocycles. The second-order valence-electron chi connectivity index (χ2n) is 6.54. The molecule has 3 heterocycles. The van der Waals surface area contributed by atoms with Crippen molar-refractivity contribution >= 4 is 10.0 Å². The Morgan fingerprint density at radius 2 is 1.74 bits per heavy atom. The minimum absolute atomic E-state index is 0.124. The minimum atomic E-state index is -3.94. The second-order valence-corrected chi connectivity index (χ2v) is 8.50. The van der Waals surface area contributed by atoms with E-state index in [1.807, 2.05) is 0 Å². The molecule has 0 spiro atoms. The number of hydrogen-bond acceptors (Lipinski definition) is 5. The van der Waals surface area contributed by atoms with E-state index in [4.69, 9.17) is 0 Å². The van der Waals surface area contributed by atoms with Crippen molar-refractivity contribution in [2.45, 2.75) is 48.7 Å². The maximum Gasteiger partial charge on any atom is 0.330 e. The van der Waals surface area contributed by atoms with Crippen molar-refractivity contribution in [3.8, 4) is 0 Å². The van der Waals surface area contributed by atoms with E-state index in [0.29, 0.717) is 12.1 Å². The van der Waals surface area contributed by atoms with Gasteiger partial charge >= 0.3 is 5.69 Å². The van der Waals surface area contributed by atoms with Crippen LogP contribution < -0.4 is 16.6 Å². The van der Waals surface area contributed by atoms with Gasteiger partial charge in [0.15, 0.2) is 4.90 Å². The van der Waals surface area contributed by atoms with Crippen molar-refractivity contribution in [3.63, 3.8) is 0 Å². The number of piperidine rings is 1. The van der Waals surface area contributed by atoms with Gasteiger partial charge in [-0.1, -0.05) is 0 Å². The molecule has 2 aliphatic heterocycles. The summed E-state index contributed by atoms with van der Waals surface area (Å²) in [5.74, 6) is 0. The Bertz CT molecular complexity index is 829. The third-order valence-electron chi connectivity index (χ3n) is 5.03. The molecule has 2 unspecified atom stereocenters. The van der Waals surface area contributed by atoms with Crippen LogP contribution in [-0.4, -0.2) is 47.0 Å². The molecule has 0 saturated carbocycles. The molecular formula is C14H22N4O4S. The first-order valence-corrected chi connectivity index (χ1v) is 9.16. The first kappa shape index (κ1) is 16.4. The number of sulfonamides is 1. The molecule has 1 N–H and O–H groups in total. The maximum atomic E-state index is 12.9. The Hall–Kier alpha value is -1.45. The second kappa shape index (κ2) is 5.57. The average Bonchev–Trinajstić information content (AvgIpc) is 2.86. The van der Waals surface area contributed by atoms with Gasteiger partial charge in [-0.2, -0.15) is 4.31 Å². The Kier molecular flexibility index (Phi) is 3.97. The Balaban J connectivity index is 1.99. The summed E-state index contributed by atoms with van der Waals surface area (Å²) in [4.78, 5) is 23.6. The molecule has 23 heavy (non-hydrogen) atoms. The van der Waals surface area contributed by atoms with Crippen LogP contribution in [0.4, 0.5) is 0 Å². The topological polar surface area (TPSA) is 93.4 Å². The molecule has 0 amide bonds. The smallest absolute Gasteiger partial charge is 0.311 e. The number of hydrogen-bond donors (Lipinski definition) is 1. The van der Waals surface area contributed by atoms with Crippen LogP contribution in [0.3, 0.4) is 0 Å². The fourth-order valence-electron chi connectivity index (χ4n) is 3.63. The zero-order chi connectivity index (χ0) is 16.9. The standard InChI is InChI=1S/C14H22N4O4S/c1-16-8-12(13(19)17(2)14(16)20)23(21,22)18(3)11-6-9-4-5-10(7-11)15-9/h8-11,15H,4-7H2,1-3H3. The van der Waals surface area contributed by atoms with Gasteiger partial charge in [-0.15, -0.1) is 0 Å². The molecule has 0 radical (unpaired) electrons. The molecule has 2 aliphatic rings. The van der Waals surface area contributed by atoms with E-state index < -0.39 is 21.3 Å². The molecule has 3 rings (SSSR count). The lowest BCUT2D eigenvalue weighted by Crippen LogP contribution is -2.50. The lowest BCUT2D eigenvalue weighted by atomic mass is 10.0. The molecule has 128 valence electrons. The van der Waals surface area contributed by atoms with Crippen molar-refractivity contribution in [2.75, 3.05) is 7.05 Å². The summed E-state index contributed by atoms with van der Waals surface area (Å²) in [5.41, 5.74) is -1.33. The number of aryl methyl sites for hydroxylation is 1. The third-order valence-corrected chi connectivity index (χ3v) is 6.93. The van der Waals surface area contributed by atoms with E-state index in [9.17, 15) is 18.0 Å². The third kappa shape index (κ3) is 2.66. The van der Waals surface area contributed by atoms with E-state index in [-0.39, 0.29) is 10.9 Å². The number of nitrogens with one attached hydrogen (secondary N) is 1. The summed E-state index contributed by atoms with van der Waals surface area (Å²) in [5, 5.41) is 3.47. The number of aromatic nitrogens is 2. The van der Waals surface area contributed by atoms with Crippen LogP contribution >= 0.6 is 0 Å². The quantitative estimate of drug-likeness (QED) is 0.759. The highest BCUT2D eigenvalue weighted by molar-refractivity contribution is 7.89. The van der Waals surface area contributed by atoms with Crippen LogP contribution in [0.2, 0.25) is 0 Å². The first-order chi connectivity index (χ1) is 10.7. The lowest BCUT2D eigenvalue weighted by Gasteiger charge is -2.34. The van der Waals surface area contributed by atoms with Gasteiger partial charge in [0, 0.05) is 45.5 Å². The summed E-state index contributed by atoms with van der Waals surface area (Å²) in [7, 11) is 0.308. The Morgan fingerprint density at radius 1 is 1.17 bits per heavy atom. The Labute approximate surface area is 134 Å². The highest BCUT2D eigenvalue weighted by atomic mass is 32.2. The van der Waals surface area contributed by atoms with E-state index in [0.717, 1.165) is 41.0 Å². The largest absolute Gasteiger partial charge is 0.330 e. The summed E-state index contributed by atoms with van der Waals surface area (Å²) in [6.45, 7) is 0. The number of fused-ring (bicyclic) bond motifs is 2. The van der Waals surface area contributed by atoms with Gasteiger partial charge in [0.25, 0.3) is 5.56 Å². The monoisotopic (exact) mass is 342 g/mol. The summed E-state index contributed by atoms with van der Waals surface area (Å²) >= 11 is 0. The van der Waals surface area contributed by atoms with E-state index in [1.54, 1.807) is 0 Å². The predicted octanol–water partition coefficient (Wildman–Crippen LogP) is -1.01. The van der Waals surface area contributed by atoms with Gasteiger partial charge in [-0.05, 0) is 25.7 Å². The molecule has 0 aliphatic carbocycles. The minimum Gasteiger partial charge on any atom is -0.311 e. The fourth-order valence-corrected chi connectivity index (χ4v) is 5.15. The molecule has 2 atom stereocenters. The van der Waals surface area contributed by atoms with Gasteiger partial charge in [-0.3, -0.25) is 9.36 Å². The maximum absolute atomic E-state index is 12.9. The summed E-state index contributed by atoms with van der Waals surface area (Å²) < 4.78 is 29.0. The Morgan fingerprint density at radius 3 is 2.30 bits per heavy atom. The highest BCUT2D eigenvalue weighted by Gasteiger charge is 2.39. The van der Waals surface area contributed by atoms with E-state index in [1.165, 1.54) is 25.4 Å². The van der Waals surface area contributed by atoms with E-state index in [2.05, 4.69) is 5.32 Å². The molecular weight excluding hydrogens is 320 g/mol. The lowest BCUT2D eigenvalue weighted by molar-refractivity contribution is 0.251. The van der Waals surface area contributed by atoms with Crippen LogP contribution in [0.25, 0.3) is 0 Å². The number of nitrogens with zero attached hydrogens (tertiary/aromatic N) is 3. The van der Waals surface area contributed by atoms with Crippen molar-refractivity contribution in [2.24, 2.45) is 14.1 Å².